The van der Waals surface area contributed by atoms with Gasteiger partial charge in [-0.1, -0.05) is 18.2 Å². The molecule has 144 valence electrons. The lowest BCUT2D eigenvalue weighted by atomic mass is 10.1. The number of nitrogens with zero attached hydrogens (tertiary/aromatic N) is 2. The third kappa shape index (κ3) is 8.27. The Morgan fingerprint density at radius 2 is 1.80 bits per heavy atom. The highest BCUT2D eigenvalue weighted by Gasteiger charge is 2.20. The molecule has 1 aliphatic rings. The Kier molecular flexibility index (Phi) is 11.9. The van der Waals surface area contributed by atoms with Crippen LogP contribution >= 0.6 is 24.8 Å². The number of anilines is 1. The molecule has 1 amide bonds. The summed E-state index contributed by atoms with van der Waals surface area (Å²) in [4.78, 5) is 16.7. The first-order valence-corrected chi connectivity index (χ1v) is 8.51. The summed E-state index contributed by atoms with van der Waals surface area (Å²) in [6, 6.07) is 7.77. The van der Waals surface area contributed by atoms with E-state index < -0.39 is 0 Å². The molecule has 1 aromatic carbocycles. The minimum atomic E-state index is 0. The summed E-state index contributed by atoms with van der Waals surface area (Å²) in [6.07, 6.45) is 1.53. The van der Waals surface area contributed by atoms with E-state index in [0.29, 0.717) is 12.8 Å². The fourth-order valence-electron chi connectivity index (χ4n) is 2.80. The van der Waals surface area contributed by atoms with Crippen LogP contribution in [0.4, 0.5) is 5.69 Å². The molecule has 0 atom stereocenters. The number of para-hydroxylation sites is 1. The maximum absolute atomic E-state index is 12.3. The van der Waals surface area contributed by atoms with Crippen molar-refractivity contribution in [3.63, 3.8) is 0 Å². The van der Waals surface area contributed by atoms with E-state index in [9.17, 15) is 4.79 Å². The summed E-state index contributed by atoms with van der Waals surface area (Å²) in [6.45, 7) is 9.29. The first-order valence-electron chi connectivity index (χ1n) is 8.51. The predicted octanol–water partition coefficient (Wildman–Crippen LogP) is 2.61. The van der Waals surface area contributed by atoms with Crippen LogP contribution in [0.15, 0.2) is 24.3 Å². The van der Waals surface area contributed by atoms with Crippen molar-refractivity contribution in [3.05, 3.63) is 29.8 Å². The number of ether oxygens (including phenoxy) is 1. The molecule has 1 fully saturated rings. The number of carbonyl (C=O) groups excluding carboxylic acids is 1. The molecule has 1 aliphatic heterocycles. The molecule has 1 heterocycles. The second-order valence-electron chi connectivity index (χ2n) is 6.34. The van der Waals surface area contributed by atoms with E-state index >= 15 is 0 Å². The average Bonchev–Trinajstić information content (AvgIpc) is 2.54. The molecule has 0 aliphatic carbocycles. The second kappa shape index (κ2) is 12.4. The SMILES string of the molecule is CC(C)OCCN1CCN(C(=O)CCc2ccccc2N)CC1.Cl.Cl. The van der Waals surface area contributed by atoms with Gasteiger partial charge in [0.1, 0.15) is 0 Å². The number of hydrogen-bond acceptors (Lipinski definition) is 4. The summed E-state index contributed by atoms with van der Waals surface area (Å²) >= 11 is 0. The monoisotopic (exact) mass is 391 g/mol. The van der Waals surface area contributed by atoms with E-state index in [-0.39, 0.29) is 36.8 Å². The van der Waals surface area contributed by atoms with Gasteiger partial charge in [0.05, 0.1) is 12.7 Å². The molecule has 0 radical (unpaired) electrons. The van der Waals surface area contributed by atoms with Gasteiger partial charge in [0.25, 0.3) is 0 Å². The van der Waals surface area contributed by atoms with Gasteiger partial charge in [0.15, 0.2) is 0 Å². The van der Waals surface area contributed by atoms with E-state index in [0.717, 1.165) is 50.6 Å². The summed E-state index contributed by atoms with van der Waals surface area (Å²) in [5, 5.41) is 0. The van der Waals surface area contributed by atoms with E-state index in [4.69, 9.17) is 10.5 Å². The third-order valence-electron chi connectivity index (χ3n) is 4.25. The lowest BCUT2D eigenvalue weighted by molar-refractivity contribution is -0.133. The van der Waals surface area contributed by atoms with Gasteiger partial charge in [-0.05, 0) is 31.9 Å². The minimum Gasteiger partial charge on any atom is -0.399 e. The van der Waals surface area contributed by atoms with E-state index in [1.165, 1.54) is 0 Å². The maximum Gasteiger partial charge on any atom is 0.222 e. The van der Waals surface area contributed by atoms with Crippen LogP contribution < -0.4 is 5.73 Å². The molecule has 7 heteroatoms. The normalized spacial score (nSPS) is 14.8. The fraction of sp³-hybridized carbons (Fsp3) is 0.611. The zero-order valence-corrected chi connectivity index (χ0v) is 16.8. The summed E-state index contributed by atoms with van der Waals surface area (Å²) in [5.41, 5.74) is 7.76. The molecule has 5 nitrogen and oxygen atoms in total. The number of piperazine rings is 1. The lowest BCUT2D eigenvalue weighted by Crippen LogP contribution is -2.49. The molecule has 2 N–H and O–H groups in total. The quantitative estimate of drug-likeness (QED) is 0.725. The van der Waals surface area contributed by atoms with Crippen LogP contribution in [0.3, 0.4) is 0 Å². The smallest absolute Gasteiger partial charge is 0.222 e. The van der Waals surface area contributed by atoms with Crippen molar-refractivity contribution in [3.8, 4) is 0 Å². The third-order valence-corrected chi connectivity index (χ3v) is 4.25. The zero-order valence-electron chi connectivity index (χ0n) is 15.1. The van der Waals surface area contributed by atoms with Crippen molar-refractivity contribution in [2.75, 3.05) is 45.1 Å². The van der Waals surface area contributed by atoms with E-state index in [1.807, 2.05) is 29.2 Å². The van der Waals surface area contributed by atoms with Crippen molar-refractivity contribution >= 4 is 36.4 Å². The van der Waals surface area contributed by atoms with Crippen LogP contribution in [0.1, 0.15) is 25.8 Å². The molecule has 0 bridgehead atoms. The zero-order chi connectivity index (χ0) is 16.7. The van der Waals surface area contributed by atoms with Crippen molar-refractivity contribution < 1.29 is 9.53 Å². The number of halogens is 2. The Bertz CT molecular complexity index is 507. The Labute approximate surface area is 163 Å². The van der Waals surface area contributed by atoms with E-state index in [1.54, 1.807) is 0 Å². The number of nitrogen functional groups attached to an aromatic ring is 1. The Morgan fingerprint density at radius 1 is 1.16 bits per heavy atom. The number of amides is 1. The number of aryl methyl sites for hydroxylation is 1. The van der Waals surface area contributed by atoms with Crippen LogP contribution in [0.5, 0.6) is 0 Å². The molecule has 0 unspecified atom stereocenters. The lowest BCUT2D eigenvalue weighted by Gasteiger charge is -2.34. The molecule has 0 spiro atoms. The van der Waals surface area contributed by atoms with Gasteiger partial charge in [-0.2, -0.15) is 0 Å². The first kappa shape index (κ1) is 24.0. The highest BCUT2D eigenvalue weighted by atomic mass is 35.5. The number of hydrogen-bond donors (Lipinski definition) is 1. The molecular formula is C18H31Cl2N3O2. The van der Waals surface area contributed by atoms with Crippen molar-refractivity contribution in [2.24, 2.45) is 0 Å². The van der Waals surface area contributed by atoms with Gasteiger partial charge >= 0.3 is 0 Å². The first-order chi connectivity index (χ1) is 11.1. The Hall–Kier alpha value is -1.01. The highest BCUT2D eigenvalue weighted by Crippen LogP contribution is 2.14. The fourth-order valence-corrected chi connectivity index (χ4v) is 2.80. The van der Waals surface area contributed by atoms with Crippen LogP contribution in [0.2, 0.25) is 0 Å². The van der Waals surface area contributed by atoms with Gasteiger partial charge in [0, 0.05) is 44.8 Å². The summed E-state index contributed by atoms with van der Waals surface area (Å²) in [7, 11) is 0. The van der Waals surface area contributed by atoms with Crippen LogP contribution in [0.25, 0.3) is 0 Å². The number of benzene rings is 1. The van der Waals surface area contributed by atoms with Crippen LogP contribution in [-0.4, -0.2) is 61.1 Å². The van der Waals surface area contributed by atoms with Gasteiger partial charge in [-0.3, -0.25) is 9.69 Å². The van der Waals surface area contributed by atoms with Crippen molar-refractivity contribution in [1.29, 1.82) is 0 Å². The minimum absolute atomic E-state index is 0. The van der Waals surface area contributed by atoms with Crippen LogP contribution in [-0.2, 0) is 16.0 Å². The Morgan fingerprint density at radius 3 is 2.40 bits per heavy atom. The number of nitrogens with two attached hydrogens (primary N) is 1. The molecule has 0 aromatic heterocycles. The molecule has 2 rings (SSSR count). The molecule has 1 aromatic rings. The van der Waals surface area contributed by atoms with Gasteiger partial charge < -0.3 is 15.4 Å². The van der Waals surface area contributed by atoms with Crippen LogP contribution in [0, 0.1) is 0 Å². The molecule has 1 saturated heterocycles. The average molecular weight is 392 g/mol. The number of rotatable bonds is 7. The maximum atomic E-state index is 12.3. The van der Waals surface area contributed by atoms with Gasteiger partial charge in [0.2, 0.25) is 5.91 Å². The summed E-state index contributed by atoms with van der Waals surface area (Å²) < 4.78 is 5.58. The van der Waals surface area contributed by atoms with E-state index in [2.05, 4.69) is 18.7 Å². The standard InChI is InChI=1S/C18H29N3O2.2ClH/c1-15(2)23-14-13-20-9-11-21(12-10-20)18(22)8-7-16-5-3-4-6-17(16)19;;/h3-6,15H,7-14,19H2,1-2H3;2*1H. The Balaban J connectivity index is 0.00000288. The second-order valence-corrected chi connectivity index (χ2v) is 6.34. The molecule has 25 heavy (non-hydrogen) atoms. The largest absolute Gasteiger partial charge is 0.399 e. The molecule has 0 saturated carbocycles. The predicted molar refractivity (Wildman–Crippen MR) is 108 cm³/mol. The van der Waals surface area contributed by atoms with Gasteiger partial charge in [-0.15, -0.1) is 24.8 Å². The van der Waals surface area contributed by atoms with Crippen molar-refractivity contribution in [2.45, 2.75) is 32.8 Å². The highest BCUT2D eigenvalue weighted by molar-refractivity contribution is 5.85. The summed E-state index contributed by atoms with van der Waals surface area (Å²) in [5.74, 6) is 0.228. The molecular weight excluding hydrogens is 361 g/mol. The van der Waals surface area contributed by atoms with Gasteiger partial charge in [-0.25, -0.2) is 0 Å². The van der Waals surface area contributed by atoms with Crippen molar-refractivity contribution in [1.82, 2.24) is 9.80 Å². The number of carbonyl (C=O) groups is 1. The topological polar surface area (TPSA) is 58.8 Å².